The standard InChI is InChI=1S/C17H14N6O/c1-12-4-2-6-14(8-12)23-16-15(20-21-23)17(24)22(11-19-16)10-13-5-3-7-18-9-13/h2-9,11H,10H2,1H3. The van der Waals surface area contributed by atoms with Crippen LogP contribution in [0.4, 0.5) is 0 Å². The van der Waals surface area contributed by atoms with Crippen molar-refractivity contribution in [2.75, 3.05) is 0 Å². The Hall–Kier alpha value is -3.35. The van der Waals surface area contributed by atoms with Crippen molar-refractivity contribution in [3.05, 3.63) is 76.6 Å². The molecular formula is C17H14N6O. The Labute approximate surface area is 137 Å². The Morgan fingerprint density at radius 2 is 2.08 bits per heavy atom. The maximum Gasteiger partial charge on any atom is 0.283 e. The minimum absolute atomic E-state index is 0.220. The van der Waals surface area contributed by atoms with Crippen LogP contribution in [-0.2, 0) is 6.54 Å². The maximum absolute atomic E-state index is 12.6. The molecule has 0 saturated carbocycles. The molecule has 3 aromatic heterocycles. The van der Waals surface area contributed by atoms with Gasteiger partial charge in [0.2, 0.25) is 0 Å². The van der Waals surface area contributed by atoms with Crippen LogP contribution in [-0.4, -0.2) is 29.5 Å². The summed E-state index contributed by atoms with van der Waals surface area (Å²) in [6, 6.07) is 11.5. The highest BCUT2D eigenvalue weighted by Crippen LogP contribution is 2.13. The third kappa shape index (κ3) is 2.45. The normalized spacial score (nSPS) is 11.0. The second kappa shape index (κ2) is 5.69. The molecule has 0 atom stereocenters. The molecule has 0 unspecified atom stereocenters. The fourth-order valence-electron chi connectivity index (χ4n) is 2.58. The van der Waals surface area contributed by atoms with Crippen molar-refractivity contribution < 1.29 is 0 Å². The number of nitrogens with zero attached hydrogens (tertiary/aromatic N) is 6. The molecule has 0 spiro atoms. The molecule has 0 amide bonds. The van der Waals surface area contributed by atoms with Gasteiger partial charge in [-0.25, -0.2) is 4.98 Å². The topological polar surface area (TPSA) is 78.5 Å². The van der Waals surface area contributed by atoms with Crippen LogP contribution in [0.2, 0.25) is 0 Å². The summed E-state index contributed by atoms with van der Waals surface area (Å²) in [5.74, 6) is 0. The number of rotatable bonds is 3. The molecular weight excluding hydrogens is 304 g/mol. The zero-order valence-corrected chi connectivity index (χ0v) is 13.0. The molecule has 0 fully saturated rings. The molecule has 7 heteroatoms. The molecule has 7 nitrogen and oxygen atoms in total. The van der Waals surface area contributed by atoms with Gasteiger partial charge in [0.15, 0.2) is 11.2 Å². The third-order valence-electron chi connectivity index (χ3n) is 3.75. The molecule has 0 N–H and O–H groups in total. The van der Waals surface area contributed by atoms with Crippen molar-refractivity contribution in [3.63, 3.8) is 0 Å². The van der Waals surface area contributed by atoms with Gasteiger partial charge >= 0.3 is 0 Å². The monoisotopic (exact) mass is 318 g/mol. The largest absolute Gasteiger partial charge is 0.293 e. The third-order valence-corrected chi connectivity index (χ3v) is 3.75. The molecule has 24 heavy (non-hydrogen) atoms. The smallest absolute Gasteiger partial charge is 0.283 e. The van der Waals surface area contributed by atoms with E-state index in [-0.39, 0.29) is 11.1 Å². The summed E-state index contributed by atoms with van der Waals surface area (Å²) in [6.07, 6.45) is 4.94. The Morgan fingerprint density at radius 3 is 2.88 bits per heavy atom. The average molecular weight is 318 g/mol. The zero-order valence-electron chi connectivity index (χ0n) is 13.0. The lowest BCUT2D eigenvalue weighted by molar-refractivity contribution is 0.742. The van der Waals surface area contributed by atoms with E-state index >= 15 is 0 Å². The number of fused-ring (bicyclic) bond motifs is 1. The highest BCUT2D eigenvalue weighted by molar-refractivity contribution is 5.70. The van der Waals surface area contributed by atoms with Crippen molar-refractivity contribution in [3.8, 4) is 5.69 Å². The number of aryl methyl sites for hydroxylation is 1. The van der Waals surface area contributed by atoms with Crippen LogP contribution in [0.3, 0.4) is 0 Å². The number of benzene rings is 1. The van der Waals surface area contributed by atoms with E-state index in [0.717, 1.165) is 16.8 Å². The van der Waals surface area contributed by atoms with Crippen LogP contribution in [0.15, 0.2) is 59.9 Å². The molecule has 4 aromatic rings. The van der Waals surface area contributed by atoms with E-state index in [9.17, 15) is 4.79 Å². The second-order valence-corrected chi connectivity index (χ2v) is 5.55. The summed E-state index contributed by atoms with van der Waals surface area (Å²) < 4.78 is 3.09. The lowest BCUT2D eigenvalue weighted by Crippen LogP contribution is -2.21. The van der Waals surface area contributed by atoms with Gasteiger partial charge in [0, 0.05) is 12.4 Å². The lowest BCUT2D eigenvalue weighted by atomic mass is 10.2. The van der Waals surface area contributed by atoms with Gasteiger partial charge in [-0.05, 0) is 36.2 Å². The van der Waals surface area contributed by atoms with Crippen LogP contribution >= 0.6 is 0 Å². The molecule has 0 saturated heterocycles. The maximum atomic E-state index is 12.6. The van der Waals surface area contributed by atoms with Gasteiger partial charge in [-0.3, -0.25) is 14.3 Å². The Bertz CT molecular complexity index is 1070. The van der Waals surface area contributed by atoms with Gasteiger partial charge in [0.25, 0.3) is 5.56 Å². The fourth-order valence-corrected chi connectivity index (χ4v) is 2.58. The molecule has 0 aliphatic carbocycles. The fraction of sp³-hybridized carbons (Fsp3) is 0.118. The number of pyridine rings is 1. The molecule has 0 aliphatic rings. The minimum Gasteiger partial charge on any atom is -0.293 e. The van der Waals surface area contributed by atoms with Gasteiger partial charge in [-0.2, -0.15) is 4.68 Å². The van der Waals surface area contributed by atoms with Crippen LogP contribution < -0.4 is 5.56 Å². The Kier molecular flexibility index (Phi) is 3.38. The molecule has 0 aliphatic heterocycles. The second-order valence-electron chi connectivity index (χ2n) is 5.55. The Balaban J connectivity index is 1.80. The summed E-state index contributed by atoms with van der Waals surface area (Å²) in [6.45, 7) is 2.39. The predicted molar refractivity (Wildman–Crippen MR) is 89.0 cm³/mol. The zero-order chi connectivity index (χ0) is 16.5. The van der Waals surface area contributed by atoms with Gasteiger partial charge in [-0.1, -0.05) is 23.4 Å². The van der Waals surface area contributed by atoms with E-state index in [1.54, 1.807) is 17.1 Å². The molecule has 118 valence electrons. The molecule has 0 bridgehead atoms. The van der Waals surface area contributed by atoms with Crippen LogP contribution in [0, 0.1) is 6.92 Å². The number of hydrogen-bond acceptors (Lipinski definition) is 5. The number of hydrogen-bond donors (Lipinski definition) is 0. The lowest BCUT2D eigenvalue weighted by Gasteiger charge is -2.05. The first-order valence-electron chi connectivity index (χ1n) is 7.49. The summed E-state index contributed by atoms with van der Waals surface area (Å²) in [5.41, 5.74) is 3.33. The molecule has 1 aromatic carbocycles. The first-order chi connectivity index (χ1) is 11.7. The predicted octanol–water partition coefficient (Wildman–Crippen LogP) is 1.73. The van der Waals surface area contributed by atoms with Gasteiger partial charge in [-0.15, -0.1) is 5.10 Å². The summed E-state index contributed by atoms with van der Waals surface area (Å²) in [5, 5.41) is 8.12. The van der Waals surface area contributed by atoms with Crippen LogP contribution in [0.1, 0.15) is 11.1 Å². The van der Waals surface area contributed by atoms with E-state index in [1.807, 2.05) is 43.3 Å². The van der Waals surface area contributed by atoms with E-state index in [4.69, 9.17) is 0 Å². The highest BCUT2D eigenvalue weighted by atomic mass is 16.1. The van der Waals surface area contributed by atoms with Gasteiger partial charge in [0.05, 0.1) is 12.2 Å². The van der Waals surface area contributed by atoms with Gasteiger partial charge < -0.3 is 0 Å². The minimum atomic E-state index is -0.220. The van der Waals surface area contributed by atoms with Crippen molar-refractivity contribution >= 4 is 11.2 Å². The highest BCUT2D eigenvalue weighted by Gasteiger charge is 2.13. The molecule has 4 rings (SSSR count). The SMILES string of the molecule is Cc1cccc(-n2nnc3c(=O)n(Cc4cccnc4)cnc32)c1. The molecule has 0 radical (unpaired) electrons. The van der Waals surface area contributed by atoms with E-state index in [0.29, 0.717) is 12.2 Å². The quantitative estimate of drug-likeness (QED) is 0.575. The van der Waals surface area contributed by atoms with Gasteiger partial charge in [0.1, 0.15) is 6.33 Å². The van der Waals surface area contributed by atoms with Crippen molar-refractivity contribution in [1.82, 2.24) is 29.5 Å². The van der Waals surface area contributed by atoms with Crippen molar-refractivity contribution in [1.29, 1.82) is 0 Å². The summed E-state index contributed by atoms with van der Waals surface area (Å²) in [4.78, 5) is 21.1. The van der Waals surface area contributed by atoms with Crippen molar-refractivity contribution in [2.45, 2.75) is 13.5 Å². The summed E-state index contributed by atoms with van der Waals surface area (Å²) >= 11 is 0. The summed E-state index contributed by atoms with van der Waals surface area (Å²) in [7, 11) is 0. The Morgan fingerprint density at radius 1 is 1.17 bits per heavy atom. The first kappa shape index (κ1) is 14.3. The van der Waals surface area contributed by atoms with Crippen LogP contribution in [0.25, 0.3) is 16.9 Å². The molecule has 3 heterocycles. The van der Waals surface area contributed by atoms with Crippen molar-refractivity contribution in [2.24, 2.45) is 0 Å². The first-order valence-corrected chi connectivity index (χ1v) is 7.49. The van der Waals surface area contributed by atoms with E-state index in [1.165, 1.54) is 10.9 Å². The van der Waals surface area contributed by atoms with Crippen LogP contribution in [0.5, 0.6) is 0 Å². The number of aromatic nitrogens is 6. The van der Waals surface area contributed by atoms with E-state index in [2.05, 4.69) is 20.3 Å². The van der Waals surface area contributed by atoms with E-state index < -0.39 is 0 Å². The average Bonchev–Trinajstić information content (AvgIpc) is 3.03.